The number of hydrogen-bond acceptors (Lipinski definition) is 5. The van der Waals surface area contributed by atoms with E-state index in [2.05, 4.69) is 20.0 Å². The summed E-state index contributed by atoms with van der Waals surface area (Å²) in [7, 11) is 0. The third-order valence-corrected chi connectivity index (χ3v) is 1.74. The predicted molar refractivity (Wildman–Crippen MR) is 54.7 cm³/mol. The van der Waals surface area contributed by atoms with E-state index in [1.165, 1.54) is 0 Å². The van der Waals surface area contributed by atoms with E-state index < -0.39 is 0 Å². The molecule has 2 aliphatic rings. The van der Waals surface area contributed by atoms with Gasteiger partial charge >= 0.3 is 0 Å². The lowest BCUT2D eigenvalue weighted by Crippen LogP contribution is -2.05. The maximum absolute atomic E-state index is 11.4. The van der Waals surface area contributed by atoms with Gasteiger partial charge in [-0.1, -0.05) is 20.0 Å². The Morgan fingerprint density at radius 2 is 1.21 bits per heavy atom. The van der Waals surface area contributed by atoms with Crippen LogP contribution in [0.1, 0.15) is 12.8 Å². The van der Waals surface area contributed by atoms with Gasteiger partial charge in [0.25, 0.3) is 0 Å². The van der Waals surface area contributed by atoms with Gasteiger partial charge in [-0.15, -0.1) is 0 Å². The highest BCUT2D eigenvalue weighted by Gasteiger charge is 2.26. The molecule has 0 aromatic rings. The van der Waals surface area contributed by atoms with E-state index in [0.29, 0.717) is 12.3 Å². The Bertz CT molecular complexity index is 287. The molecule has 2 heterocycles. The molecule has 0 atom stereocenters. The Hall–Kier alpha value is -1.91. The molecule has 0 aromatic carbocycles. The minimum atomic E-state index is 0.0300. The van der Waals surface area contributed by atoms with E-state index in [-0.39, 0.29) is 18.6 Å². The van der Waals surface area contributed by atoms with Crippen molar-refractivity contribution in [2.75, 3.05) is 0 Å². The molecule has 0 spiro atoms. The predicted octanol–water partition coefficient (Wildman–Crippen LogP) is 0.625. The molecule has 0 aromatic heterocycles. The summed E-state index contributed by atoms with van der Waals surface area (Å²) in [6.07, 6.45) is 7.90. The van der Waals surface area contributed by atoms with Gasteiger partial charge in [0.2, 0.25) is 12.3 Å². The number of nitrogens with zero attached hydrogens (tertiary/aromatic N) is 4. The molecule has 0 bridgehead atoms. The summed E-state index contributed by atoms with van der Waals surface area (Å²) in [6, 6.07) is 0. The van der Waals surface area contributed by atoms with Crippen molar-refractivity contribution in [1.29, 1.82) is 0 Å². The second-order valence-corrected chi connectivity index (χ2v) is 2.84. The fourth-order valence-electron chi connectivity index (χ4n) is 1.14. The van der Waals surface area contributed by atoms with Crippen molar-refractivity contribution in [1.82, 2.24) is 0 Å². The molecule has 0 aliphatic carbocycles. The molecular weight excluding hydrogens is 180 g/mol. The van der Waals surface area contributed by atoms with E-state index >= 15 is 0 Å². The lowest BCUT2D eigenvalue weighted by Gasteiger charge is -1.95. The second-order valence-electron chi connectivity index (χ2n) is 2.84. The Balaban J connectivity index is 1.78. The summed E-state index contributed by atoms with van der Waals surface area (Å²) in [5.41, 5.74) is 0. The van der Waals surface area contributed by atoms with Crippen LogP contribution in [-0.4, -0.2) is 30.6 Å². The van der Waals surface area contributed by atoms with E-state index in [1.807, 2.05) is 0 Å². The molecule has 68 valence electrons. The van der Waals surface area contributed by atoms with Crippen molar-refractivity contribution in [3.8, 4) is 0 Å². The molecule has 0 saturated heterocycles. The fourth-order valence-corrected chi connectivity index (χ4v) is 1.14. The number of hydrogen-bond donors (Lipinski definition) is 0. The number of rotatable bonds is 4. The molecule has 14 heavy (non-hydrogen) atoms. The highest BCUT2D eigenvalue weighted by atomic mass is 16.1. The van der Waals surface area contributed by atoms with Crippen molar-refractivity contribution < 1.29 is 4.79 Å². The van der Waals surface area contributed by atoms with E-state index in [0.717, 1.165) is 0 Å². The third-order valence-electron chi connectivity index (χ3n) is 1.74. The Morgan fingerprint density at radius 1 is 0.857 bits per heavy atom. The molecule has 2 aliphatic heterocycles. The molecule has 0 fully saturated rings. The molecule has 5 heteroatoms. The monoisotopic (exact) mass is 188 g/mol. The van der Waals surface area contributed by atoms with Crippen LogP contribution in [0.4, 0.5) is 0 Å². The normalized spacial score (nSPS) is 17.4. The largest absolute Gasteiger partial charge is 0.296 e. The number of carbonyl (C=O) groups is 1. The van der Waals surface area contributed by atoms with E-state index in [4.69, 9.17) is 0 Å². The third kappa shape index (κ3) is 2.07. The van der Waals surface area contributed by atoms with Gasteiger partial charge in [0.05, 0.1) is 0 Å². The molecule has 0 radical (unpaired) electrons. The quantitative estimate of drug-likeness (QED) is 0.596. The molecule has 0 amide bonds. The minimum absolute atomic E-state index is 0.0300. The van der Waals surface area contributed by atoms with Crippen LogP contribution >= 0.6 is 0 Å². The fraction of sp³-hybridized carbons (Fsp3) is 0.222. The first-order valence-corrected chi connectivity index (χ1v) is 4.21. The zero-order valence-electron chi connectivity index (χ0n) is 7.42. The lowest BCUT2D eigenvalue weighted by molar-refractivity contribution is -0.118. The smallest absolute Gasteiger partial charge is 0.248 e. The Morgan fingerprint density at radius 3 is 1.57 bits per heavy atom. The van der Waals surface area contributed by atoms with Gasteiger partial charge in [-0.2, -0.15) is 0 Å². The molecule has 2 rings (SSSR count). The van der Waals surface area contributed by atoms with Crippen LogP contribution in [0.25, 0.3) is 0 Å². The van der Waals surface area contributed by atoms with Crippen molar-refractivity contribution in [2.24, 2.45) is 20.0 Å². The Kier molecular flexibility index (Phi) is 2.40. The lowest BCUT2D eigenvalue weighted by atomic mass is 10.1. The maximum atomic E-state index is 11.4. The highest BCUT2D eigenvalue weighted by molar-refractivity contribution is 6.18. The summed E-state index contributed by atoms with van der Waals surface area (Å²) in [4.78, 5) is 27.1. The highest BCUT2D eigenvalue weighted by Crippen LogP contribution is 2.18. The average molecular weight is 188 g/mol. The average Bonchev–Trinajstić information content (AvgIpc) is 2.76. The summed E-state index contributed by atoms with van der Waals surface area (Å²) >= 11 is 0. The molecule has 5 nitrogen and oxygen atoms in total. The number of carbonyl (C=O) groups excluding carboxylic acids is 1. The van der Waals surface area contributed by atoms with E-state index in [9.17, 15) is 4.79 Å². The van der Waals surface area contributed by atoms with Crippen LogP contribution in [0.3, 0.4) is 0 Å². The van der Waals surface area contributed by atoms with Crippen molar-refractivity contribution in [3.05, 3.63) is 12.3 Å². The minimum Gasteiger partial charge on any atom is -0.296 e. The van der Waals surface area contributed by atoms with Gasteiger partial charge in [-0.05, 0) is 0 Å². The van der Waals surface area contributed by atoms with Crippen LogP contribution in [0.2, 0.25) is 0 Å². The standard InChI is InChI=1S/C9H8N4O/c14-7(5-8-10-1-2-11-8)6-9-12-3-4-13-9/h1-4H,5-6H2/q+2. The van der Waals surface area contributed by atoms with Crippen LogP contribution < -0.4 is 0 Å². The molecule has 0 saturated carbocycles. The van der Waals surface area contributed by atoms with Crippen molar-refractivity contribution >= 4 is 30.6 Å². The van der Waals surface area contributed by atoms with Crippen LogP contribution in [-0.2, 0) is 4.79 Å². The van der Waals surface area contributed by atoms with Gasteiger partial charge in [0, 0.05) is 0 Å². The second kappa shape index (κ2) is 3.87. The van der Waals surface area contributed by atoms with Crippen LogP contribution in [0, 0.1) is 12.3 Å². The number of ketones is 1. The van der Waals surface area contributed by atoms with E-state index in [1.54, 1.807) is 24.9 Å². The topological polar surface area (TPSA) is 66.5 Å². The van der Waals surface area contributed by atoms with Gasteiger partial charge in [0.15, 0.2) is 30.6 Å². The maximum Gasteiger partial charge on any atom is 0.248 e. The summed E-state index contributed by atoms with van der Waals surface area (Å²) in [6.45, 7) is 0. The van der Waals surface area contributed by atoms with Gasteiger partial charge in [-0.3, -0.25) is 4.79 Å². The number of Topliss-reactive ketones (excluding diaryl/α,β-unsaturated/α-hetero) is 1. The summed E-state index contributed by atoms with van der Waals surface area (Å²) in [5.74, 6) is 0.0300. The Labute approximate surface area is 81.4 Å². The van der Waals surface area contributed by atoms with Crippen molar-refractivity contribution in [3.63, 3.8) is 0 Å². The zero-order valence-corrected chi connectivity index (χ0v) is 7.42. The molecular formula is C9H8N4O+2. The number of aliphatic imine (C=N–C) groups is 4. The SMILES string of the molecule is O=C(C[C+]1N=CC=N1)C[C+]1N=CC=N1. The zero-order chi connectivity index (χ0) is 9.80. The molecule has 0 N–H and O–H groups in total. The summed E-state index contributed by atoms with van der Waals surface area (Å²) < 4.78 is 0. The van der Waals surface area contributed by atoms with Gasteiger partial charge < -0.3 is 0 Å². The van der Waals surface area contributed by atoms with Crippen LogP contribution in [0.15, 0.2) is 20.0 Å². The van der Waals surface area contributed by atoms with Gasteiger partial charge in [-0.25, -0.2) is 0 Å². The van der Waals surface area contributed by atoms with Crippen LogP contribution in [0.5, 0.6) is 0 Å². The first-order chi connectivity index (χ1) is 6.84. The molecule has 0 unspecified atom stereocenters. The van der Waals surface area contributed by atoms with Crippen molar-refractivity contribution in [2.45, 2.75) is 12.8 Å². The first kappa shape index (κ1) is 8.68. The first-order valence-electron chi connectivity index (χ1n) is 4.21. The summed E-state index contributed by atoms with van der Waals surface area (Å²) in [5, 5.41) is 0. The van der Waals surface area contributed by atoms with Gasteiger partial charge in [0.1, 0.15) is 12.8 Å².